The minimum atomic E-state index is -0.949. The summed E-state index contributed by atoms with van der Waals surface area (Å²) in [5.41, 5.74) is 4.73. The minimum absolute atomic E-state index is 0.0510. The molecule has 4 nitrogen and oxygen atoms in total. The van der Waals surface area contributed by atoms with Crippen molar-refractivity contribution in [3.8, 4) is 0 Å². The quantitative estimate of drug-likeness (QED) is 0.471. The van der Waals surface area contributed by atoms with Crippen LogP contribution in [-0.2, 0) is 4.79 Å². The molecule has 0 aromatic heterocycles. The van der Waals surface area contributed by atoms with Gasteiger partial charge in [0.05, 0.1) is 0 Å². The summed E-state index contributed by atoms with van der Waals surface area (Å²) in [4.78, 5) is 10.9. The molecule has 0 aromatic rings. The molecular formula is C12H24N2O2. The number of aliphatic hydroxyl groups is 1. The molecule has 0 aliphatic carbocycles. The summed E-state index contributed by atoms with van der Waals surface area (Å²) in [5.74, 6) is -0.340. The number of hydrogen-bond acceptors (Lipinski definition) is 3. The Morgan fingerprint density at radius 3 is 2.38 bits per heavy atom. The van der Waals surface area contributed by atoms with Crippen LogP contribution in [0.5, 0.6) is 0 Å². The summed E-state index contributed by atoms with van der Waals surface area (Å²) in [5, 5.41) is 13.2. The number of hydrogen-bond donors (Lipinski definition) is 3. The molecule has 4 heteroatoms. The molecule has 4 N–H and O–H groups in total. The maximum atomic E-state index is 10.9. The molecule has 0 rings (SSSR count). The first-order chi connectivity index (χ1) is 7.20. The fourth-order valence-electron chi connectivity index (χ4n) is 1.19. The highest BCUT2D eigenvalue weighted by Gasteiger charge is 2.26. The third-order valence-electron chi connectivity index (χ3n) is 2.88. The zero-order chi connectivity index (χ0) is 12.9. The summed E-state index contributed by atoms with van der Waals surface area (Å²) in [6.45, 7) is 9.26. The second-order valence-electron chi connectivity index (χ2n) is 4.68. The fourth-order valence-corrected chi connectivity index (χ4v) is 1.19. The smallest absolute Gasteiger partial charge is 0.244 e. The third-order valence-corrected chi connectivity index (χ3v) is 2.88. The maximum absolute atomic E-state index is 10.9. The molecular weight excluding hydrogens is 204 g/mol. The molecule has 0 spiro atoms. The van der Waals surface area contributed by atoms with Crippen molar-refractivity contribution in [2.24, 2.45) is 11.7 Å². The fraction of sp³-hybridized carbons (Fsp3) is 0.750. The molecule has 2 atom stereocenters. The number of rotatable bonds is 6. The second kappa shape index (κ2) is 6.01. The van der Waals surface area contributed by atoms with E-state index in [0.29, 0.717) is 5.57 Å². The van der Waals surface area contributed by atoms with Gasteiger partial charge in [0.2, 0.25) is 5.91 Å². The average Bonchev–Trinajstić information content (AvgIpc) is 2.15. The predicted molar refractivity (Wildman–Crippen MR) is 65.6 cm³/mol. The number of carbonyl (C=O) groups is 1. The van der Waals surface area contributed by atoms with Crippen molar-refractivity contribution in [3.63, 3.8) is 0 Å². The van der Waals surface area contributed by atoms with Crippen molar-refractivity contribution < 1.29 is 9.90 Å². The van der Waals surface area contributed by atoms with Gasteiger partial charge in [-0.1, -0.05) is 26.8 Å². The molecule has 0 aromatic carbocycles. The van der Waals surface area contributed by atoms with Gasteiger partial charge in [-0.15, -0.1) is 0 Å². The van der Waals surface area contributed by atoms with Gasteiger partial charge in [-0.3, -0.25) is 10.1 Å². The lowest BCUT2D eigenvalue weighted by molar-refractivity contribution is -0.114. The van der Waals surface area contributed by atoms with Crippen molar-refractivity contribution >= 4 is 5.91 Å². The Morgan fingerprint density at radius 2 is 2.06 bits per heavy atom. The van der Waals surface area contributed by atoms with Gasteiger partial charge in [0.15, 0.2) is 0 Å². The summed E-state index contributed by atoms with van der Waals surface area (Å²) in [6.07, 6.45) is 2.55. The zero-order valence-corrected chi connectivity index (χ0v) is 10.9. The SMILES string of the molecule is CCC(C=C(C)C(N)=O)NC(C)(O)C(C)C. The number of primary amides is 1. The van der Waals surface area contributed by atoms with E-state index in [0.717, 1.165) is 6.42 Å². The van der Waals surface area contributed by atoms with E-state index in [1.165, 1.54) is 0 Å². The van der Waals surface area contributed by atoms with Gasteiger partial charge in [0.25, 0.3) is 0 Å². The average molecular weight is 228 g/mol. The molecule has 0 saturated heterocycles. The Bertz CT molecular complexity index is 270. The van der Waals surface area contributed by atoms with Gasteiger partial charge in [-0.05, 0) is 26.2 Å². The van der Waals surface area contributed by atoms with Crippen molar-refractivity contribution in [3.05, 3.63) is 11.6 Å². The predicted octanol–water partition coefficient (Wildman–Crippen LogP) is 1.15. The van der Waals surface area contributed by atoms with Crippen molar-refractivity contribution in [1.29, 1.82) is 0 Å². The Hall–Kier alpha value is -0.870. The van der Waals surface area contributed by atoms with E-state index in [4.69, 9.17) is 5.73 Å². The van der Waals surface area contributed by atoms with Crippen LogP contribution in [0.4, 0.5) is 0 Å². The van der Waals surface area contributed by atoms with E-state index in [1.807, 2.05) is 20.8 Å². The largest absolute Gasteiger partial charge is 0.376 e. The van der Waals surface area contributed by atoms with Crippen LogP contribution in [0.3, 0.4) is 0 Å². The molecule has 0 aliphatic heterocycles. The highest BCUT2D eigenvalue weighted by atomic mass is 16.3. The Labute approximate surface area is 97.9 Å². The highest BCUT2D eigenvalue weighted by molar-refractivity contribution is 5.91. The molecule has 0 radical (unpaired) electrons. The highest BCUT2D eigenvalue weighted by Crippen LogP contribution is 2.15. The molecule has 0 fully saturated rings. The topological polar surface area (TPSA) is 75.4 Å². The van der Waals surface area contributed by atoms with E-state index in [-0.39, 0.29) is 12.0 Å². The van der Waals surface area contributed by atoms with Crippen LogP contribution in [-0.4, -0.2) is 22.8 Å². The van der Waals surface area contributed by atoms with Gasteiger partial charge in [0, 0.05) is 11.6 Å². The lowest BCUT2D eigenvalue weighted by Crippen LogP contribution is -2.51. The van der Waals surface area contributed by atoms with E-state index in [9.17, 15) is 9.90 Å². The minimum Gasteiger partial charge on any atom is -0.376 e. The first-order valence-electron chi connectivity index (χ1n) is 5.69. The first kappa shape index (κ1) is 15.1. The van der Waals surface area contributed by atoms with Gasteiger partial charge < -0.3 is 10.8 Å². The second-order valence-corrected chi connectivity index (χ2v) is 4.68. The maximum Gasteiger partial charge on any atom is 0.244 e. The number of nitrogens with one attached hydrogen (secondary N) is 1. The van der Waals surface area contributed by atoms with Crippen LogP contribution in [0.1, 0.15) is 41.0 Å². The Morgan fingerprint density at radius 1 is 1.56 bits per heavy atom. The molecule has 16 heavy (non-hydrogen) atoms. The Kier molecular flexibility index (Phi) is 5.68. The normalized spacial score (nSPS) is 18.3. The Balaban J connectivity index is 4.66. The van der Waals surface area contributed by atoms with Crippen LogP contribution in [0.25, 0.3) is 0 Å². The van der Waals surface area contributed by atoms with Gasteiger partial charge >= 0.3 is 0 Å². The third kappa shape index (κ3) is 4.77. The summed E-state index contributed by atoms with van der Waals surface area (Å²) < 4.78 is 0. The summed E-state index contributed by atoms with van der Waals surface area (Å²) in [6, 6.07) is -0.0510. The van der Waals surface area contributed by atoms with Crippen molar-refractivity contribution in [1.82, 2.24) is 5.32 Å². The standard InChI is InChI=1S/C12H24N2O2/c1-6-10(7-9(4)11(13)15)14-12(5,16)8(2)3/h7-8,10,14,16H,6H2,1-5H3,(H2,13,15). The molecule has 94 valence electrons. The molecule has 2 unspecified atom stereocenters. The van der Waals surface area contributed by atoms with Gasteiger partial charge in [-0.2, -0.15) is 0 Å². The van der Waals surface area contributed by atoms with E-state index >= 15 is 0 Å². The van der Waals surface area contributed by atoms with Crippen LogP contribution < -0.4 is 11.1 Å². The van der Waals surface area contributed by atoms with Crippen LogP contribution in [0.2, 0.25) is 0 Å². The monoisotopic (exact) mass is 228 g/mol. The van der Waals surface area contributed by atoms with Crippen LogP contribution in [0, 0.1) is 5.92 Å². The lowest BCUT2D eigenvalue weighted by Gasteiger charge is -2.32. The van der Waals surface area contributed by atoms with Crippen molar-refractivity contribution in [2.45, 2.75) is 52.8 Å². The molecule has 0 aliphatic rings. The molecule has 0 saturated carbocycles. The lowest BCUT2D eigenvalue weighted by atomic mass is 9.99. The summed E-state index contributed by atoms with van der Waals surface area (Å²) in [7, 11) is 0. The van der Waals surface area contributed by atoms with E-state index in [2.05, 4.69) is 5.32 Å². The number of amides is 1. The number of nitrogens with two attached hydrogens (primary N) is 1. The van der Waals surface area contributed by atoms with E-state index in [1.54, 1.807) is 19.9 Å². The van der Waals surface area contributed by atoms with Crippen LogP contribution in [0.15, 0.2) is 11.6 Å². The summed E-state index contributed by atoms with van der Waals surface area (Å²) >= 11 is 0. The molecule has 1 amide bonds. The van der Waals surface area contributed by atoms with Crippen molar-refractivity contribution in [2.75, 3.05) is 0 Å². The number of carbonyl (C=O) groups excluding carboxylic acids is 1. The zero-order valence-electron chi connectivity index (χ0n) is 10.9. The molecule has 0 heterocycles. The molecule has 0 bridgehead atoms. The van der Waals surface area contributed by atoms with E-state index < -0.39 is 11.6 Å². The first-order valence-corrected chi connectivity index (χ1v) is 5.69. The van der Waals surface area contributed by atoms with Crippen LogP contribution >= 0.6 is 0 Å². The van der Waals surface area contributed by atoms with Gasteiger partial charge in [-0.25, -0.2) is 0 Å². The van der Waals surface area contributed by atoms with Gasteiger partial charge in [0.1, 0.15) is 5.72 Å².